The van der Waals surface area contributed by atoms with E-state index in [0.29, 0.717) is 12.3 Å². The minimum absolute atomic E-state index is 0. The van der Waals surface area contributed by atoms with E-state index in [9.17, 15) is 4.79 Å². The minimum Gasteiger partial charge on any atom is -0.341 e. The van der Waals surface area contributed by atoms with Crippen molar-refractivity contribution >= 4 is 30.1 Å². The monoisotopic (exact) mass is 240 g/mol. The molecule has 1 atom stereocenters. The Morgan fingerprint density at radius 2 is 2.14 bits per heavy atom. The number of nitrogens with two attached hydrogens (primary N) is 1. The molecule has 0 bridgehead atoms. The van der Waals surface area contributed by atoms with Crippen LogP contribution < -0.4 is 5.73 Å². The normalized spacial score (nSPS) is 11.7. The van der Waals surface area contributed by atoms with Crippen LogP contribution in [0, 0.1) is 0 Å². The van der Waals surface area contributed by atoms with E-state index in [1.807, 2.05) is 14.0 Å². The van der Waals surface area contributed by atoms with Crippen LogP contribution in [0.4, 0.5) is 0 Å². The zero-order chi connectivity index (χ0) is 10.3. The van der Waals surface area contributed by atoms with Crippen LogP contribution in [0.15, 0.2) is 0 Å². The standard InChI is InChI=1S/C9H20N2OS.ClH/c1-4-5-13-7-9(12)11(3)8(2)6-10;/h8H,4-7,10H2,1-3H3;1H. The van der Waals surface area contributed by atoms with Crippen LogP contribution >= 0.6 is 24.2 Å². The van der Waals surface area contributed by atoms with Gasteiger partial charge in [-0.3, -0.25) is 4.79 Å². The maximum Gasteiger partial charge on any atom is 0.232 e. The van der Waals surface area contributed by atoms with Gasteiger partial charge >= 0.3 is 0 Å². The molecule has 14 heavy (non-hydrogen) atoms. The Morgan fingerprint density at radius 1 is 1.57 bits per heavy atom. The molecule has 0 aromatic heterocycles. The highest BCUT2D eigenvalue weighted by atomic mass is 35.5. The van der Waals surface area contributed by atoms with E-state index in [4.69, 9.17) is 5.73 Å². The summed E-state index contributed by atoms with van der Waals surface area (Å²) in [6.07, 6.45) is 1.12. The maximum atomic E-state index is 11.5. The first-order valence-corrected chi connectivity index (χ1v) is 5.82. The third kappa shape index (κ3) is 6.51. The first-order valence-electron chi connectivity index (χ1n) is 4.67. The van der Waals surface area contributed by atoms with Gasteiger partial charge in [0.1, 0.15) is 0 Å². The van der Waals surface area contributed by atoms with Gasteiger partial charge < -0.3 is 10.6 Å². The Bertz CT molecular complexity index is 158. The molecule has 2 N–H and O–H groups in total. The topological polar surface area (TPSA) is 46.3 Å². The van der Waals surface area contributed by atoms with Crippen LogP contribution in [0.3, 0.4) is 0 Å². The van der Waals surface area contributed by atoms with Gasteiger partial charge in [0.2, 0.25) is 5.91 Å². The molecule has 0 heterocycles. The molecule has 0 saturated heterocycles. The van der Waals surface area contributed by atoms with E-state index in [0.717, 1.165) is 12.2 Å². The second-order valence-electron chi connectivity index (χ2n) is 3.14. The van der Waals surface area contributed by atoms with E-state index in [-0.39, 0.29) is 24.4 Å². The third-order valence-electron chi connectivity index (χ3n) is 1.97. The Balaban J connectivity index is 0. The van der Waals surface area contributed by atoms with Gasteiger partial charge in [-0.25, -0.2) is 0 Å². The molecule has 0 rings (SSSR count). The predicted molar refractivity (Wildman–Crippen MR) is 66.2 cm³/mol. The Hall–Kier alpha value is 0.0700. The number of likely N-dealkylation sites (N-methyl/N-ethyl adjacent to an activating group) is 1. The highest BCUT2D eigenvalue weighted by molar-refractivity contribution is 7.99. The summed E-state index contributed by atoms with van der Waals surface area (Å²) in [6, 6.07) is 0.148. The van der Waals surface area contributed by atoms with E-state index < -0.39 is 0 Å². The number of halogens is 1. The molecule has 0 fully saturated rings. The fraction of sp³-hybridized carbons (Fsp3) is 0.889. The molecule has 0 saturated carbocycles. The van der Waals surface area contributed by atoms with Gasteiger partial charge in [-0.05, 0) is 19.1 Å². The molecule has 0 aliphatic heterocycles. The lowest BCUT2D eigenvalue weighted by Crippen LogP contribution is -2.40. The SMILES string of the molecule is CCCSCC(=O)N(C)C(C)CN.Cl. The van der Waals surface area contributed by atoms with Crippen molar-refractivity contribution in [3.63, 3.8) is 0 Å². The molecule has 0 aliphatic carbocycles. The fourth-order valence-corrected chi connectivity index (χ4v) is 1.62. The van der Waals surface area contributed by atoms with E-state index in [1.165, 1.54) is 0 Å². The van der Waals surface area contributed by atoms with E-state index in [2.05, 4.69) is 6.92 Å². The fourth-order valence-electron chi connectivity index (χ4n) is 0.810. The smallest absolute Gasteiger partial charge is 0.232 e. The quantitative estimate of drug-likeness (QED) is 0.714. The van der Waals surface area contributed by atoms with Gasteiger partial charge in [-0.15, -0.1) is 12.4 Å². The number of amides is 1. The summed E-state index contributed by atoms with van der Waals surface area (Å²) in [5, 5.41) is 0. The first kappa shape index (κ1) is 16.5. The van der Waals surface area contributed by atoms with Gasteiger partial charge in [0, 0.05) is 19.6 Å². The van der Waals surface area contributed by atoms with Crippen LogP contribution in [0.2, 0.25) is 0 Å². The number of nitrogens with zero attached hydrogens (tertiary/aromatic N) is 1. The second-order valence-corrected chi connectivity index (χ2v) is 4.25. The Labute approximate surface area is 97.2 Å². The van der Waals surface area contributed by atoms with Crippen molar-refractivity contribution in [2.45, 2.75) is 26.3 Å². The molecule has 0 spiro atoms. The van der Waals surface area contributed by atoms with Crippen molar-refractivity contribution in [3.8, 4) is 0 Å². The zero-order valence-corrected chi connectivity index (χ0v) is 10.8. The number of hydrogen-bond donors (Lipinski definition) is 1. The van der Waals surface area contributed by atoms with Crippen molar-refractivity contribution in [2.75, 3.05) is 25.1 Å². The van der Waals surface area contributed by atoms with E-state index in [1.54, 1.807) is 16.7 Å². The zero-order valence-electron chi connectivity index (χ0n) is 9.16. The summed E-state index contributed by atoms with van der Waals surface area (Å²) >= 11 is 1.69. The average molecular weight is 241 g/mol. The largest absolute Gasteiger partial charge is 0.341 e. The predicted octanol–water partition coefficient (Wildman–Crippen LogP) is 1.36. The summed E-state index contributed by atoms with van der Waals surface area (Å²) in [5.74, 6) is 1.81. The van der Waals surface area contributed by atoms with Crippen molar-refractivity contribution < 1.29 is 4.79 Å². The van der Waals surface area contributed by atoms with Gasteiger partial charge in [-0.1, -0.05) is 6.92 Å². The molecule has 1 amide bonds. The van der Waals surface area contributed by atoms with Gasteiger partial charge in [-0.2, -0.15) is 11.8 Å². The Kier molecular flexibility index (Phi) is 11.3. The van der Waals surface area contributed by atoms with Crippen LogP contribution in [-0.2, 0) is 4.79 Å². The molecule has 0 aromatic carbocycles. The summed E-state index contributed by atoms with van der Waals surface area (Å²) in [5.41, 5.74) is 5.46. The number of hydrogen-bond acceptors (Lipinski definition) is 3. The van der Waals surface area contributed by atoms with Crippen molar-refractivity contribution in [2.24, 2.45) is 5.73 Å². The highest BCUT2D eigenvalue weighted by Crippen LogP contribution is 2.04. The minimum atomic E-state index is 0. The lowest BCUT2D eigenvalue weighted by atomic mass is 10.3. The van der Waals surface area contributed by atoms with Gasteiger partial charge in [0.05, 0.1) is 5.75 Å². The Morgan fingerprint density at radius 3 is 2.57 bits per heavy atom. The van der Waals surface area contributed by atoms with E-state index >= 15 is 0 Å². The molecule has 5 heteroatoms. The first-order chi connectivity index (χ1) is 6.13. The van der Waals surface area contributed by atoms with Crippen LogP contribution in [-0.4, -0.2) is 41.9 Å². The number of carbonyl (C=O) groups excluding carboxylic acids is 1. The second kappa shape index (κ2) is 9.62. The van der Waals surface area contributed by atoms with Gasteiger partial charge in [0.25, 0.3) is 0 Å². The highest BCUT2D eigenvalue weighted by Gasteiger charge is 2.13. The van der Waals surface area contributed by atoms with Crippen molar-refractivity contribution in [1.82, 2.24) is 4.90 Å². The van der Waals surface area contributed by atoms with Crippen LogP contribution in [0.5, 0.6) is 0 Å². The molecule has 1 unspecified atom stereocenters. The summed E-state index contributed by atoms with van der Waals surface area (Å²) in [6.45, 7) is 4.60. The number of rotatable bonds is 6. The molecule has 0 aliphatic rings. The lowest BCUT2D eigenvalue weighted by Gasteiger charge is -2.23. The molecule has 86 valence electrons. The molecule has 0 aromatic rings. The van der Waals surface area contributed by atoms with Gasteiger partial charge in [0.15, 0.2) is 0 Å². The molecular weight excluding hydrogens is 220 g/mol. The molecule has 3 nitrogen and oxygen atoms in total. The molecular formula is C9H21ClN2OS. The van der Waals surface area contributed by atoms with Crippen molar-refractivity contribution in [1.29, 1.82) is 0 Å². The lowest BCUT2D eigenvalue weighted by molar-refractivity contribution is -0.128. The van der Waals surface area contributed by atoms with Crippen LogP contribution in [0.25, 0.3) is 0 Å². The third-order valence-corrected chi connectivity index (χ3v) is 3.12. The number of carbonyl (C=O) groups is 1. The average Bonchev–Trinajstić information content (AvgIpc) is 2.15. The van der Waals surface area contributed by atoms with Crippen molar-refractivity contribution in [3.05, 3.63) is 0 Å². The number of thioether (sulfide) groups is 1. The summed E-state index contributed by atoms with van der Waals surface area (Å²) in [7, 11) is 1.81. The molecule has 0 radical (unpaired) electrons. The summed E-state index contributed by atoms with van der Waals surface area (Å²) in [4.78, 5) is 13.2. The summed E-state index contributed by atoms with van der Waals surface area (Å²) < 4.78 is 0. The maximum absolute atomic E-state index is 11.5. The van der Waals surface area contributed by atoms with Crippen LogP contribution in [0.1, 0.15) is 20.3 Å².